The van der Waals surface area contributed by atoms with Crippen LogP contribution in [0.15, 0.2) is 24.5 Å². The first-order chi connectivity index (χ1) is 12.6. The third-order valence-corrected chi connectivity index (χ3v) is 3.67. The van der Waals surface area contributed by atoms with Gasteiger partial charge in [0.25, 0.3) is 5.91 Å². The zero-order chi connectivity index (χ0) is 19.1. The number of fused-ring (bicyclic) bond motifs is 1. The van der Waals surface area contributed by atoms with Gasteiger partial charge in [-0.25, -0.2) is 9.97 Å². The lowest BCUT2D eigenvalue weighted by molar-refractivity contribution is 0.0939. The van der Waals surface area contributed by atoms with Gasteiger partial charge < -0.3 is 24.8 Å². The van der Waals surface area contributed by atoms with E-state index in [1.807, 2.05) is 26.8 Å². The predicted octanol–water partition coefficient (Wildman–Crippen LogP) is 0.543. The van der Waals surface area contributed by atoms with E-state index in [4.69, 9.17) is 14.5 Å². The highest BCUT2D eigenvalue weighted by molar-refractivity contribution is 6.62. The Balaban J connectivity index is 0.00000117. The first-order valence-electron chi connectivity index (χ1n) is 8.41. The molecule has 2 heterocycles. The molecule has 3 N–H and O–H groups in total. The van der Waals surface area contributed by atoms with Crippen molar-refractivity contribution in [1.29, 1.82) is 0 Å². The molecular weight excluding hydrogens is 337 g/mol. The second kappa shape index (κ2) is 9.28. The zero-order valence-corrected chi connectivity index (χ0v) is 15.0. The minimum atomic E-state index is -0.952. The van der Waals surface area contributed by atoms with Crippen molar-refractivity contribution in [3.05, 3.63) is 41.3 Å². The number of benzene rings is 1. The monoisotopic (exact) mass is 359 g/mol. The van der Waals surface area contributed by atoms with E-state index in [-0.39, 0.29) is 24.7 Å². The van der Waals surface area contributed by atoms with Gasteiger partial charge in [0.05, 0.1) is 25.6 Å². The molecule has 0 saturated carbocycles. The van der Waals surface area contributed by atoms with E-state index in [1.54, 1.807) is 6.07 Å². The van der Waals surface area contributed by atoms with Crippen LogP contribution in [0.2, 0.25) is 0 Å². The minimum absolute atomic E-state index is 0.130. The average molecular weight is 359 g/mol. The van der Waals surface area contributed by atoms with E-state index in [1.165, 1.54) is 12.4 Å². The smallest absolute Gasteiger partial charge is 0.437 e. The molecule has 1 aromatic carbocycles. The minimum Gasteiger partial charge on any atom is -0.437 e. The Hall–Kier alpha value is -2.49. The average Bonchev–Trinajstić information content (AvgIpc) is 3.06. The van der Waals surface area contributed by atoms with Crippen molar-refractivity contribution in [2.45, 2.75) is 27.4 Å². The number of hydrogen-bond acceptors (Lipinski definition) is 7. The summed E-state index contributed by atoms with van der Waals surface area (Å²) in [7, 11) is -0.952. The normalized spacial score (nSPS) is 12.1. The Labute approximate surface area is 152 Å². The van der Waals surface area contributed by atoms with Gasteiger partial charge in [-0.05, 0) is 29.6 Å². The number of ether oxygens (including phenoxy) is 1. The maximum atomic E-state index is 11.7. The largest absolute Gasteiger partial charge is 0.492 e. The highest BCUT2D eigenvalue weighted by Gasteiger charge is 2.30. The Morgan fingerprint density at radius 2 is 2.12 bits per heavy atom. The second-order valence-electron chi connectivity index (χ2n) is 5.25. The van der Waals surface area contributed by atoms with Gasteiger partial charge in [0.2, 0.25) is 5.88 Å². The predicted molar refractivity (Wildman–Crippen MR) is 96.4 cm³/mol. The topological polar surface area (TPSA) is 114 Å². The fraction of sp³-hybridized carbons (Fsp3) is 0.353. The van der Waals surface area contributed by atoms with Gasteiger partial charge in [-0.1, -0.05) is 19.9 Å². The summed E-state index contributed by atoms with van der Waals surface area (Å²) in [6.07, 6.45) is 2.64. The molecule has 0 atom stereocenters. The van der Waals surface area contributed by atoms with Crippen LogP contribution in [-0.4, -0.2) is 46.3 Å². The molecule has 0 aliphatic carbocycles. The van der Waals surface area contributed by atoms with E-state index in [0.717, 1.165) is 11.1 Å². The Morgan fingerprint density at radius 1 is 1.35 bits per heavy atom. The third kappa shape index (κ3) is 4.37. The molecule has 1 aromatic heterocycles. The summed E-state index contributed by atoms with van der Waals surface area (Å²) in [4.78, 5) is 19.7. The van der Waals surface area contributed by atoms with E-state index in [2.05, 4.69) is 15.3 Å². The standard InChI is InChI=1S/C15H16BN3O5.C2H6/c1-9-12(3-2-10-8-23-16(22)14(9)10)24-13-7-18-11(6-19-13)15(21)17-4-5-20;1-2/h2-3,6-7,20,22H,4-5,8H2,1H3,(H,17,21);1-2H3. The maximum absolute atomic E-state index is 11.7. The quantitative estimate of drug-likeness (QED) is 0.668. The van der Waals surface area contributed by atoms with Crippen LogP contribution < -0.4 is 15.5 Å². The van der Waals surface area contributed by atoms with E-state index < -0.39 is 13.0 Å². The number of aliphatic hydroxyl groups excluding tert-OH is 1. The summed E-state index contributed by atoms with van der Waals surface area (Å²) in [5.74, 6) is 0.340. The van der Waals surface area contributed by atoms with Gasteiger partial charge in [0, 0.05) is 6.54 Å². The SMILES string of the molecule is CC.Cc1c(Oc2cnc(C(=O)NCCO)cn2)ccc2c1B(O)OC2. The summed E-state index contributed by atoms with van der Waals surface area (Å²) >= 11 is 0. The highest BCUT2D eigenvalue weighted by atomic mass is 16.5. The molecule has 3 rings (SSSR count). The zero-order valence-electron chi connectivity index (χ0n) is 15.0. The number of aliphatic hydroxyl groups is 1. The van der Waals surface area contributed by atoms with Crippen LogP contribution in [0, 0.1) is 6.92 Å². The molecule has 1 aliphatic rings. The number of carbonyl (C=O) groups is 1. The molecular formula is C17H22BN3O5. The van der Waals surface area contributed by atoms with Crippen LogP contribution in [0.4, 0.5) is 0 Å². The molecule has 0 bridgehead atoms. The lowest BCUT2D eigenvalue weighted by atomic mass is 9.76. The van der Waals surface area contributed by atoms with Crippen LogP contribution in [-0.2, 0) is 11.3 Å². The van der Waals surface area contributed by atoms with Crippen molar-refractivity contribution in [3.8, 4) is 11.6 Å². The molecule has 0 spiro atoms. The number of rotatable bonds is 5. The van der Waals surface area contributed by atoms with Crippen molar-refractivity contribution in [1.82, 2.24) is 15.3 Å². The number of nitrogens with zero attached hydrogens (tertiary/aromatic N) is 2. The molecule has 9 heteroatoms. The summed E-state index contributed by atoms with van der Waals surface area (Å²) in [6, 6.07) is 3.61. The number of aromatic nitrogens is 2. The van der Waals surface area contributed by atoms with Crippen molar-refractivity contribution < 1.29 is 24.3 Å². The van der Waals surface area contributed by atoms with Crippen LogP contribution in [0.3, 0.4) is 0 Å². The molecule has 138 valence electrons. The molecule has 26 heavy (non-hydrogen) atoms. The molecule has 1 amide bonds. The summed E-state index contributed by atoms with van der Waals surface area (Å²) in [5, 5.41) is 21.0. The molecule has 8 nitrogen and oxygen atoms in total. The fourth-order valence-corrected chi connectivity index (χ4v) is 2.46. The summed E-state index contributed by atoms with van der Waals surface area (Å²) in [6.45, 7) is 6.20. The van der Waals surface area contributed by atoms with Crippen molar-refractivity contribution >= 4 is 18.5 Å². The van der Waals surface area contributed by atoms with Crippen LogP contribution in [0.5, 0.6) is 11.6 Å². The lowest BCUT2D eigenvalue weighted by Gasteiger charge is -2.11. The van der Waals surface area contributed by atoms with Gasteiger partial charge in [-0.3, -0.25) is 4.79 Å². The van der Waals surface area contributed by atoms with Gasteiger partial charge in [-0.15, -0.1) is 0 Å². The molecule has 0 radical (unpaired) electrons. The van der Waals surface area contributed by atoms with Crippen molar-refractivity contribution in [2.75, 3.05) is 13.2 Å². The van der Waals surface area contributed by atoms with Crippen molar-refractivity contribution in [3.63, 3.8) is 0 Å². The van der Waals surface area contributed by atoms with Crippen LogP contribution >= 0.6 is 0 Å². The van der Waals surface area contributed by atoms with Gasteiger partial charge in [-0.2, -0.15) is 0 Å². The van der Waals surface area contributed by atoms with Crippen LogP contribution in [0.1, 0.15) is 35.5 Å². The van der Waals surface area contributed by atoms with Gasteiger partial charge in [0.1, 0.15) is 11.4 Å². The lowest BCUT2D eigenvalue weighted by Crippen LogP contribution is -2.30. The first-order valence-corrected chi connectivity index (χ1v) is 8.41. The Morgan fingerprint density at radius 3 is 2.77 bits per heavy atom. The number of nitrogens with one attached hydrogen (secondary N) is 1. The fourth-order valence-electron chi connectivity index (χ4n) is 2.46. The first kappa shape index (κ1) is 19.8. The molecule has 0 unspecified atom stereocenters. The second-order valence-corrected chi connectivity index (χ2v) is 5.25. The highest BCUT2D eigenvalue weighted by Crippen LogP contribution is 2.25. The van der Waals surface area contributed by atoms with Crippen LogP contribution in [0.25, 0.3) is 0 Å². The van der Waals surface area contributed by atoms with E-state index in [9.17, 15) is 9.82 Å². The Kier molecular flexibility index (Phi) is 7.08. The summed E-state index contributed by atoms with van der Waals surface area (Å²) < 4.78 is 10.9. The van der Waals surface area contributed by atoms with Gasteiger partial charge in [0.15, 0.2) is 0 Å². The summed E-state index contributed by atoms with van der Waals surface area (Å²) in [5.41, 5.74) is 2.53. The Bertz CT molecular complexity index is 755. The molecule has 0 saturated heterocycles. The number of hydrogen-bond donors (Lipinski definition) is 3. The number of amides is 1. The van der Waals surface area contributed by atoms with Gasteiger partial charge >= 0.3 is 7.12 Å². The van der Waals surface area contributed by atoms with E-state index >= 15 is 0 Å². The number of carbonyl (C=O) groups excluding carboxylic acids is 1. The molecule has 0 fully saturated rings. The molecule has 2 aromatic rings. The van der Waals surface area contributed by atoms with E-state index in [0.29, 0.717) is 17.8 Å². The molecule has 1 aliphatic heterocycles. The van der Waals surface area contributed by atoms with Crippen molar-refractivity contribution in [2.24, 2.45) is 0 Å². The maximum Gasteiger partial charge on any atom is 0.492 e. The third-order valence-electron chi connectivity index (χ3n) is 3.67.